The van der Waals surface area contributed by atoms with Gasteiger partial charge < -0.3 is 24.8 Å². The number of aliphatic imine (C=N–C) groups is 1. The van der Waals surface area contributed by atoms with Crippen LogP contribution in [0.25, 0.3) is 0 Å². The van der Waals surface area contributed by atoms with E-state index < -0.39 is 0 Å². The maximum absolute atomic E-state index is 5.98. The predicted octanol–water partition coefficient (Wildman–Crippen LogP) is 4.30. The number of guanidine groups is 1. The van der Waals surface area contributed by atoms with Gasteiger partial charge in [0.05, 0.1) is 32.5 Å². The summed E-state index contributed by atoms with van der Waals surface area (Å²) >= 11 is 0. The van der Waals surface area contributed by atoms with Crippen LogP contribution in [0.2, 0.25) is 0 Å². The van der Waals surface area contributed by atoms with Crippen LogP contribution >= 0.6 is 24.0 Å². The molecular formula is C24H37IN4O3. The highest BCUT2D eigenvalue weighted by atomic mass is 127. The van der Waals surface area contributed by atoms with Crippen LogP contribution in [0.5, 0.6) is 11.5 Å². The highest BCUT2D eigenvalue weighted by molar-refractivity contribution is 14.0. The third-order valence-corrected chi connectivity index (χ3v) is 4.90. The smallest absolute Gasteiger partial charge is 0.191 e. The second-order valence-corrected chi connectivity index (χ2v) is 7.40. The monoisotopic (exact) mass is 556 g/mol. The van der Waals surface area contributed by atoms with E-state index in [9.17, 15) is 0 Å². The van der Waals surface area contributed by atoms with Gasteiger partial charge in [-0.2, -0.15) is 0 Å². The minimum atomic E-state index is 0. The van der Waals surface area contributed by atoms with Crippen molar-refractivity contribution in [1.29, 1.82) is 0 Å². The van der Waals surface area contributed by atoms with Crippen LogP contribution in [0.15, 0.2) is 29.4 Å². The number of halogens is 1. The molecule has 0 unspecified atom stereocenters. The molecule has 1 aromatic heterocycles. The molecule has 0 fully saturated rings. The average Bonchev–Trinajstić information content (AvgIpc) is 2.75. The van der Waals surface area contributed by atoms with Crippen molar-refractivity contribution in [2.75, 3.05) is 34.0 Å². The molecule has 0 aliphatic rings. The van der Waals surface area contributed by atoms with Crippen molar-refractivity contribution in [2.45, 2.75) is 47.2 Å². The number of hydrogen-bond donors (Lipinski definition) is 2. The second kappa shape index (κ2) is 14.9. The van der Waals surface area contributed by atoms with E-state index in [1.807, 2.05) is 27.0 Å². The lowest BCUT2D eigenvalue weighted by molar-refractivity contribution is 0.172. The molecule has 0 radical (unpaired) electrons. The second-order valence-electron chi connectivity index (χ2n) is 7.40. The Morgan fingerprint density at radius 1 is 1.09 bits per heavy atom. The van der Waals surface area contributed by atoms with Gasteiger partial charge >= 0.3 is 0 Å². The van der Waals surface area contributed by atoms with E-state index in [1.165, 1.54) is 0 Å². The number of ether oxygens (including phenoxy) is 3. The minimum Gasteiger partial charge on any atom is -0.496 e. The molecule has 0 spiro atoms. The highest BCUT2D eigenvalue weighted by Crippen LogP contribution is 2.24. The number of aromatic nitrogens is 1. The molecular weight excluding hydrogens is 519 g/mol. The molecule has 8 heteroatoms. The van der Waals surface area contributed by atoms with E-state index in [1.54, 1.807) is 14.2 Å². The summed E-state index contributed by atoms with van der Waals surface area (Å²) in [6.07, 6.45) is 2.69. The first-order valence-corrected chi connectivity index (χ1v) is 10.7. The van der Waals surface area contributed by atoms with Crippen molar-refractivity contribution >= 4 is 29.9 Å². The predicted molar refractivity (Wildman–Crippen MR) is 141 cm³/mol. The molecule has 2 aromatic rings. The summed E-state index contributed by atoms with van der Waals surface area (Å²) in [6.45, 7) is 11.3. The molecule has 2 N–H and O–H groups in total. The summed E-state index contributed by atoms with van der Waals surface area (Å²) in [6, 6.07) is 6.22. The number of pyridine rings is 1. The Kier molecular flexibility index (Phi) is 13.0. The summed E-state index contributed by atoms with van der Waals surface area (Å²) in [4.78, 5) is 9.31. The lowest BCUT2D eigenvalue weighted by atomic mass is 10.1. The molecule has 0 aliphatic heterocycles. The molecule has 0 amide bonds. The summed E-state index contributed by atoms with van der Waals surface area (Å²) < 4.78 is 16.6. The fraction of sp³-hybridized carbons (Fsp3) is 0.500. The van der Waals surface area contributed by atoms with E-state index in [0.717, 1.165) is 58.4 Å². The Morgan fingerprint density at radius 2 is 1.88 bits per heavy atom. The number of hydrogen-bond acceptors (Lipinski definition) is 5. The van der Waals surface area contributed by atoms with Crippen molar-refractivity contribution in [3.63, 3.8) is 0 Å². The van der Waals surface area contributed by atoms with E-state index >= 15 is 0 Å². The van der Waals surface area contributed by atoms with Crippen molar-refractivity contribution in [3.8, 4) is 11.5 Å². The molecule has 0 aliphatic carbocycles. The summed E-state index contributed by atoms with van der Waals surface area (Å²) in [5, 5.41) is 6.67. The number of aryl methyl sites for hydroxylation is 2. The minimum absolute atomic E-state index is 0. The molecule has 1 heterocycles. The largest absolute Gasteiger partial charge is 0.496 e. The van der Waals surface area contributed by atoms with Gasteiger partial charge in [0.1, 0.15) is 11.5 Å². The Bertz CT molecular complexity index is 875. The normalized spacial score (nSPS) is 11.0. The van der Waals surface area contributed by atoms with Gasteiger partial charge in [0.15, 0.2) is 5.96 Å². The van der Waals surface area contributed by atoms with Crippen LogP contribution in [0.1, 0.15) is 41.3 Å². The Labute approximate surface area is 209 Å². The topological polar surface area (TPSA) is 77.0 Å². The molecule has 0 saturated carbocycles. The molecule has 7 nitrogen and oxygen atoms in total. The Balaban J connectivity index is 0.00000512. The maximum atomic E-state index is 5.98. The van der Waals surface area contributed by atoms with E-state index in [0.29, 0.717) is 26.3 Å². The van der Waals surface area contributed by atoms with Gasteiger partial charge in [-0.1, -0.05) is 12.1 Å². The first-order chi connectivity index (χ1) is 15.0. The van der Waals surface area contributed by atoms with Crippen LogP contribution in [-0.2, 0) is 17.8 Å². The van der Waals surface area contributed by atoms with Gasteiger partial charge in [0.25, 0.3) is 0 Å². The Morgan fingerprint density at radius 3 is 2.56 bits per heavy atom. The van der Waals surface area contributed by atoms with Crippen LogP contribution in [0, 0.1) is 20.8 Å². The van der Waals surface area contributed by atoms with Crippen LogP contribution in [0.3, 0.4) is 0 Å². The quantitative estimate of drug-likeness (QED) is 0.186. The number of nitrogens with one attached hydrogen (secondary N) is 2. The van der Waals surface area contributed by atoms with Crippen molar-refractivity contribution in [3.05, 3.63) is 52.3 Å². The Hall–Kier alpha value is -2.07. The van der Waals surface area contributed by atoms with Gasteiger partial charge in [0.2, 0.25) is 0 Å². The van der Waals surface area contributed by atoms with Crippen LogP contribution < -0.4 is 20.1 Å². The van der Waals surface area contributed by atoms with Gasteiger partial charge in [-0.25, -0.2) is 4.99 Å². The van der Waals surface area contributed by atoms with Gasteiger partial charge in [-0.15, -0.1) is 24.0 Å². The molecule has 0 bridgehead atoms. The standard InChI is InChI=1S/C24H36N4O3.HI/c1-7-25-24(28-16-21-19(4)23(30-6)18(3)14-26-21)27-15-20-10-9-17(2)13-22(20)31-12-8-11-29-5;/h9-10,13-14H,7-8,11-12,15-16H2,1-6H3,(H2,25,27,28);1H. The highest BCUT2D eigenvalue weighted by Gasteiger charge is 2.10. The number of methoxy groups -OCH3 is 2. The lowest BCUT2D eigenvalue weighted by Gasteiger charge is -2.15. The maximum Gasteiger partial charge on any atom is 0.191 e. The van der Waals surface area contributed by atoms with Gasteiger partial charge in [-0.05, 0) is 39.3 Å². The zero-order valence-corrected chi connectivity index (χ0v) is 22.4. The third-order valence-electron chi connectivity index (χ3n) is 4.90. The lowest BCUT2D eigenvalue weighted by Crippen LogP contribution is -2.37. The average molecular weight is 556 g/mol. The fourth-order valence-electron chi connectivity index (χ4n) is 3.23. The summed E-state index contributed by atoms with van der Waals surface area (Å²) in [5.74, 6) is 2.48. The first kappa shape index (κ1) is 28.0. The van der Waals surface area contributed by atoms with Crippen molar-refractivity contribution in [1.82, 2.24) is 15.6 Å². The number of benzene rings is 1. The van der Waals surface area contributed by atoms with Crippen molar-refractivity contribution in [2.24, 2.45) is 4.99 Å². The number of nitrogens with zero attached hydrogens (tertiary/aromatic N) is 2. The molecule has 178 valence electrons. The molecule has 0 saturated heterocycles. The van der Waals surface area contributed by atoms with Crippen LogP contribution in [-0.4, -0.2) is 44.9 Å². The molecule has 1 aromatic carbocycles. The van der Waals surface area contributed by atoms with Gasteiger partial charge in [-0.3, -0.25) is 4.98 Å². The summed E-state index contributed by atoms with van der Waals surface area (Å²) in [7, 11) is 3.39. The first-order valence-electron chi connectivity index (χ1n) is 10.7. The third kappa shape index (κ3) is 8.46. The fourth-order valence-corrected chi connectivity index (χ4v) is 3.23. The van der Waals surface area contributed by atoms with Crippen LogP contribution in [0.4, 0.5) is 0 Å². The van der Waals surface area contributed by atoms with E-state index in [4.69, 9.17) is 19.2 Å². The summed E-state index contributed by atoms with van der Waals surface area (Å²) in [5.41, 5.74) is 5.21. The molecule has 0 atom stereocenters. The molecule has 2 rings (SSSR count). The zero-order chi connectivity index (χ0) is 22.6. The number of rotatable bonds is 11. The van der Waals surface area contributed by atoms with Gasteiger partial charge in [0, 0.05) is 49.6 Å². The van der Waals surface area contributed by atoms with E-state index in [2.05, 4.69) is 40.7 Å². The van der Waals surface area contributed by atoms with Crippen molar-refractivity contribution < 1.29 is 14.2 Å². The zero-order valence-electron chi connectivity index (χ0n) is 20.1. The SMILES string of the molecule is CCNC(=NCc1ccc(C)cc1OCCCOC)NCc1ncc(C)c(OC)c1C.I. The molecule has 32 heavy (non-hydrogen) atoms. The van der Waals surface area contributed by atoms with E-state index in [-0.39, 0.29) is 24.0 Å².